The van der Waals surface area contributed by atoms with E-state index in [4.69, 9.17) is 0 Å². The molecule has 1 aliphatic heterocycles. The van der Waals surface area contributed by atoms with Crippen molar-refractivity contribution in [3.8, 4) is 9.88 Å². The lowest BCUT2D eigenvalue weighted by Crippen LogP contribution is -2.50. The van der Waals surface area contributed by atoms with Crippen LogP contribution in [0.2, 0.25) is 0 Å². The monoisotopic (exact) mass is 456 g/mol. The van der Waals surface area contributed by atoms with Crippen LogP contribution in [0.4, 0.5) is 0 Å². The molecule has 8 nitrogen and oxygen atoms in total. The Bertz CT molecular complexity index is 1150. The highest BCUT2D eigenvalue weighted by Gasteiger charge is 2.33. The predicted octanol–water partition coefficient (Wildman–Crippen LogP) is 2.08. The summed E-state index contributed by atoms with van der Waals surface area (Å²) in [4.78, 5) is 33.3. The summed E-state index contributed by atoms with van der Waals surface area (Å²) in [7, 11) is -3.74. The molecule has 0 unspecified atom stereocenters. The molecule has 148 valence electrons. The number of aromatic amines is 1. The Morgan fingerprint density at radius 3 is 2.57 bits per heavy atom. The zero-order chi connectivity index (χ0) is 19.9. The van der Waals surface area contributed by atoms with Gasteiger partial charge in [-0.1, -0.05) is 17.4 Å². The molecule has 1 N–H and O–H groups in total. The van der Waals surface area contributed by atoms with Crippen molar-refractivity contribution in [1.82, 2.24) is 19.2 Å². The van der Waals surface area contributed by atoms with E-state index in [1.807, 2.05) is 17.5 Å². The summed E-state index contributed by atoms with van der Waals surface area (Å²) in [5.41, 5.74) is 0.724. The summed E-state index contributed by atoms with van der Waals surface area (Å²) in [6, 6.07) is 3.89. The highest BCUT2D eigenvalue weighted by Crippen LogP contribution is 2.28. The van der Waals surface area contributed by atoms with E-state index in [0.29, 0.717) is 22.7 Å². The Balaban J connectivity index is 1.45. The predicted molar refractivity (Wildman–Crippen MR) is 110 cm³/mol. The number of aromatic nitrogens is 2. The summed E-state index contributed by atoms with van der Waals surface area (Å²) in [5.74, 6) is -0.196. The second-order valence-corrected chi connectivity index (χ2v) is 11.1. The zero-order valence-electron chi connectivity index (χ0n) is 14.7. The van der Waals surface area contributed by atoms with Crippen molar-refractivity contribution in [1.29, 1.82) is 0 Å². The first-order valence-corrected chi connectivity index (χ1v) is 12.4. The number of amides is 1. The number of rotatable bonds is 4. The Kier molecular flexibility index (Phi) is 5.22. The number of aryl methyl sites for hydroxylation is 1. The van der Waals surface area contributed by atoms with Crippen LogP contribution in [0.25, 0.3) is 9.88 Å². The molecule has 1 aliphatic rings. The summed E-state index contributed by atoms with van der Waals surface area (Å²) in [6.45, 7) is 2.49. The van der Waals surface area contributed by atoms with Crippen molar-refractivity contribution < 1.29 is 13.2 Å². The number of piperazine rings is 1. The van der Waals surface area contributed by atoms with E-state index >= 15 is 0 Å². The average Bonchev–Trinajstić information content (AvgIpc) is 3.41. The van der Waals surface area contributed by atoms with Crippen LogP contribution in [0.1, 0.15) is 16.2 Å². The Hall–Kier alpha value is -1.86. The quantitative estimate of drug-likeness (QED) is 0.647. The molecule has 1 saturated heterocycles. The molecule has 0 saturated carbocycles. The van der Waals surface area contributed by atoms with Crippen LogP contribution in [0.3, 0.4) is 0 Å². The molecule has 0 atom stereocenters. The smallest absolute Gasteiger partial charge is 0.305 e. The fraction of sp³-hybridized carbons (Fsp3) is 0.312. The lowest BCUT2D eigenvalue weighted by Gasteiger charge is -2.33. The maximum Gasteiger partial charge on any atom is 0.305 e. The molecular formula is C16H16N4O4S4. The molecule has 3 aromatic heterocycles. The molecule has 1 fully saturated rings. The minimum atomic E-state index is -3.74. The lowest BCUT2D eigenvalue weighted by atomic mass is 10.3. The van der Waals surface area contributed by atoms with Gasteiger partial charge in [0.15, 0.2) is 4.21 Å². The van der Waals surface area contributed by atoms with Gasteiger partial charge in [0.1, 0.15) is 10.7 Å². The number of nitrogens with one attached hydrogen (secondary N) is 1. The summed E-state index contributed by atoms with van der Waals surface area (Å²) in [5, 5.41) is 4.50. The number of thiazole rings is 2. The number of nitrogens with zero attached hydrogens (tertiary/aromatic N) is 3. The van der Waals surface area contributed by atoms with Crippen LogP contribution in [-0.2, 0) is 10.0 Å². The largest absolute Gasteiger partial charge is 0.335 e. The maximum atomic E-state index is 12.8. The summed E-state index contributed by atoms with van der Waals surface area (Å²) < 4.78 is 26.9. The van der Waals surface area contributed by atoms with Crippen LogP contribution in [0, 0.1) is 6.92 Å². The van der Waals surface area contributed by atoms with Gasteiger partial charge in [0.25, 0.3) is 15.9 Å². The molecule has 4 heterocycles. The van der Waals surface area contributed by atoms with Gasteiger partial charge in [-0.15, -0.1) is 22.7 Å². The molecular weight excluding hydrogens is 440 g/mol. The standard InChI is InChI=1S/C16H16N4O4S4/c1-10-15(27-16(22)17-10)28(23,24)20-6-4-19(5-7-20)14(21)11-9-26-13(18-11)12-3-2-8-25-12/h2-3,8-9H,4-7H2,1H3,(H,17,22). The van der Waals surface area contributed by atoms with Crippen molar-refractivity contribution in [2.45, 2.75) is 11.1 Å². The third-order valence-electron chi connectivity index (χ3n) is 4.34. The molecule has 3 aromatic rings. The number of H-pyrrole nitrogens is 1. The van der Waals surface area contributed by atoms with Crippen molar-refractivity contribution >= 4 is 49.9 Å². The van der Waals surface area contributed by atoms with Crippen LogP contribution in [0.15, 0.2) is 31.9 Å². The molecule has 0 bridgehead atoms. The molecule has 0 radical (unpaired) electrons. The second-order valence-electron chi connectivity index (χ2n) is 6.14. The first-order valence-electron chi connectivity index (χ1n) is 8.35. The van der Waals surface area contributed by atoms with Gasteiger partial charge in [-0.2, -0.15) is 4.31 Å². The number of carbonyl (C=O) groups is 1. The fourth-order valence-corrected chi connectivity index (χ4v) is 7.40. The highest BCUT2D eigenvalue weighted by molar-refractivity contribution is 7.91. The minimum absolute atomic E-state index is 0.0392. The fourth-order valence-electron chi connectivity index (χ4n) is 2.93. The molecule has 0 spiro atoms. The van der Waals surface area contributed by atoms with Crippen LogP contribution in [0.5, 0.6) is 0 Å². The van der Waals surface area contributed by atoms with E-state index in [9.17, 15) is 18.0 Å². The number of hydrogen-bond acceptors (Lipinski definition) is 8. The number of thiophene rings is 1. The van der Waals surface area contributed by atoms with Crippen molar-refractivity contribution in [3.63, 3.8) is 0 Å². The number of sulfonamides is 1. The van der Waals surface area contributed by atoms with E-state index < -0.39 is 14.9 Å². The Labute approximate surface area is 173 Å². The van der Waals surface area contributed by atoms with E-state index in [1.165, 1.54) is 15.6 Å². The van der Waals surface area contributed by atoms with E-state index in [-0.39, 0.29) is 36.3 Å². The normalized spacial score (nSPS) is 15.8. The average molecular weight is 457 g/mol. The van der Waals surface area contributed by atoms with Crippen molar-refractivity contribution in [3.05, 3.63) is 43.9 Å². The van der Waals surface area contributed by atoms with Gasteiger partial charge in [0.05, 0.1) is 4.88 Å². The number of hydrogen-bond donors (Lipinski definition) is 1. The Morgan fingerprint density at radius 2 is 1.96 bits per heavy atom. The van der Waals surface area contributed by atoms with Crippen molar-refractivity contribution in [2.24, 2.45) is 0 Å². The van der Waals surface area contributed by atoms with Gasteiger partial charge in [-0.25, -0.2) is 13.4 Å². The second kappa shape index (κ2) is 7.52. The van der Waals surface area contributed by atoms with Crippen LogP contribution >= 0.6 is 34.0 Å². The lowest BCUT2D eigenvalue weighted by molar-refractivity contribution is 0.0693. The van der Waals surface area contributed by atoms with E-state index in [2.05, 4.69) is 9.97 Å². The highest BCUT2D eigenvalue weighted by atomic mass is 32.2. The van der Waals surface area contributed by atoms with E-state index in [0.717, 1.165) is 9.88 Å². The molecule has 4 rings (SSSR count). The van der Waals surface area contributed by atoms with Gasteiger partial charge in [-0.3, -0.25) is 9.59 Å². The van der Waals surface area contributed by atoms with Gasteiger partial charge < -0.3 is 9.88 Å². The van der Waals surface area contributed by atoms with Crippen LogP contribution in [-0.4, -0.2) is 59.7 Å². The summed E-state index contributed by atoms with van der Waals surface area (Å²) in [6.07, 6.45) is 0. The minimum Gasteiger partial charge on any atom is -0.335 e. The maximum absolute atomic E-state index is 12.8. The zero-order valence-corrected chi connectivity index (χ0v) is 18.0. The first kappa shape index (κ1) is 19.5. The van der Waals surface area contributed by atoms with Gasteiger partial charge in [-0.05, 0) is 18.4 Å². The molecule has 28 heavy (non-hydrogen) atoms. The third-order valence-corrected chi connectivity index (χ3v) is 9.70. The SMILES string of the molecule is Cc1[nH]c(=O)sc1S(=O)(=O)N1CCN(C(=O)c2csc(-c3cccs3)n2)CC1. The first-order chi connectivity index (χ1) is 13.4. The van der Waals surface area contributed by atoms with Gasteiger partial charge in [0, 0.05) is 37.3 Å². The molecule has 0 aliphatic carbocycles. The number of carbonyl (C=O) groups excluding carboxylic acids is 1. The Morgan fingerprint density at radius 1 is 1.21 bits per heavy atom. The molecule has 0 aromatic carbocycles. The molecule has 12 heteroatoms. The van der Waals surface area contributed by atoms with Crippen molar-refractivity contribution in [2.75, 3.05) is 26.2 Å². The third kappa shape index (κ3) is 3.57. The van der Waals surface area contributed by atoms with Gasteiger partial charge in [0.2, 0.25) is 0 Å². The van der Waals surface area contributed by atoms with E-state index in [1.54, 1.807) is 28.5 Å². The topological polar surface area (TPSA) is 103 Å². The van der Waals surface area contributed by atoms with Gasteiger partial charge >= 0.3 is 4.87 Å². The molecule has 1 amide bonds. The summed E-state index contributed by atoms with van der Waals surface area (Å²) >= 11 is 3.68. The van der Waals surface area contributed by atoms with Crippen LogP contribution < -0.4 is 4.87 Å².